The van der Waals surface area contributed by atoms with Crippen molar-refractivity contribution < 1.29 is 18.3 Å². The summed E-state index contributed by atoms with van der Waals surface area (Å²) in [7, 11) is 0. The molecule has 0 atom stereocenters. The molecule has 3 heterocycles. The number of benzene rings is 1. The average molecular weight is 559 g/mol. The highest BCUT2D eigenvalue weighted by Crippen LogP contribution is 2.34. The van der Waals surface area contributed by atoms with E-state index in [1.807, 2.05) is 33.8 Å². The van der Waals surface area contributed by atoms with Crippen molar-refractivity contribution in [2.45, 2.75) is 46.3 Å². The van der Waals surface area contributed by atoms with Gasteiger partial charge in [0.15, 0.2) is 5.01 Å². The van der Waals surface area contributed by atoms with Crippen LogP contribution in [0.3, 0.4) is 0 Å². The highest BCUT2D eigenvalue weighted by atomic mass is 79.9. The molecule has 1 aliphatic rings. The lowest BCUT2D eigenvalue weighted by Gasteiger charge is -2.37. The van der Waals surface area contributed by atoms with E-state index in [9.17, 15) is 18.4 Å². The second-order valence-corrected chi connectivity index (χ2v) is 10.7. The van der Waals surface area contributed by atoms with Gasteiger partial charge in [-0.2, -0.15) is 0 Å². The molecule has 1 aromatic carbocycles. The molecule has 0 N–H and O–H groups in total. The third kappa shape index (κ3) is 4.67. The average Bonchev–Trinajstić information content (AvgIpc) is 3.34. The number of amides is 1. The second-order valence-electron chi connectivity index (χ2n) is 8.83. The van der Waals surface area contributed by atoms with Gasteiger partial charge in [-0.15, -0.1) is 10.2 Å². The molecule has 1 fully saturated rings. The summed E-state index contributed by atoms with van der Waals surface area (Å²) in [5, 5.41) is 7.04. The maximum atomic E-state index is 13.3. The number of carbonyl (C=O) groups excluding carboxylic acids is 1. The lowest BCUT2D eigenvalue weighted by molar-refractivity contribution is 0.0240. The summed E-state index contributed by atoms with van der Waals surface area (Å²) in [5.41, 5.74) is 1.09. The van der Waals surface area contributed by atoms with E-state index in [2.05, 4.69) is 31.0 Å². The predicted molar refractivity (Wildman–Crippen MR) is 129 cm³/mol. The summed E-state index contributed by atoms with van der Waals surface area (Å²) >= 11 is 4.21. The van der Waals surface area contributed by atoms with Crippen LogP contribution in [0.5, 0.6) is 0 Å². The van der Waals surface area contributed by atoms with Crippen molar-refractivity contribution in [2.75, 3.05) is 31.1 Å². The van der Waals surface area contributed by atoms with E-state index in [1.165, 1.54) is 4.57 Å². The number of nitrogens with zero attached hydrogens (tertiary/aromatic N) is 6. The molecule has 0 aliphatic carbocycles. The first kappa shape index (κ1) is 24.6. The van der Waals surface area contributed by atoms with Gasteiger partial charge in [0.1, 0.15) is 5.60 Å². The van der Waals surface area contributed by atoms with Crippen LogP contribution in [0, 0.1) is 0 Å². The molecule has 0 spiro atoms. The number of halogens is 3. The fourth-order valence-corrected chi connectivity index (χ4v) is 5.06. The fraction of sp³-hybridized carbons (Fsp3) is 0.524. The molecular formula is C21H25BrF2N6O3S. The maximum absolute atomic E-state index is 13.3. The van der Waals surface area contributed by atoms with E-state index in [-0.39, 0.29) is 16.9 Å². The van der Waals surface area contributed by atoms with Crippen molar-refractivity contribution in [3.63, 3.8) is 0 Å². The zero-order chi connectivity index (χ0) is 24.8. The minimum absolute atomic E-state index is 0.0938. The monoisotopic (exact) mass is 558 g/mol. The molecule has 9 nitrogen and oxygen atoms in total. The van der Waals surface area contributed by atoms with Crippen molar-refractivity contribution in [1.29, 1.82) is 0 Å². The number of aromatic nitrogens is 4. The van der Waals surface area contributed by atoms with Crippen LogP contribution in [0.2, 0.25) is 0 Å². The number of ether oxygens (including phenoxy) is 1. The Bertz CT molecular complexity index is 1270. The number of hydrogen-bond acceptors (Lipinski definition) is 7. The summed E-state index contributed by atoms with van der Waals surface area (Å²) < 4.78 is 35.3. The minimum Gasteiger partial charge on any atom is -0.444 e. The van der Waals surface area contributed by atoms with Gasteiger partial charge in [0.05, 0.1) is 16.7 Å². The first-order chi connectivity index (χ1) is 16.0. The quantitative estimate of drug-likeness (QED) is 0.471. The molecule has 0 bridgehead atoms. The van der Waals surface area contributed by atoms with Gasteiger partial charge in [-0.05, 0) is 39.8 Å². The largest absolute Gasteiger partial charge is 0.444 e. The molecule has 0 saturated carbocycles. The molecule has 4 rings (SSSR count). The number of piperazine rings is 1. The van der Waals surface area contributed by atoms with Crippen molar-refractivity contribution in [1.82, 2.24) is 24.2 Å². The van der Waals surface area contributed by atoms with Gasteiger partial charge < -0.3 is 14.5 Å². The molecule has 13 heteroatoms. The van der Waals surface area contributed by atoms with Gasteiger partial charge in [-0.3, -0.25) is 4.57 Å². The van der Waals surface area contributed by atoms with Crippen LogP contribution >= 0.6 is 27.3 Å². The molecule has 1 amide bonds. The summed E-state index contributed by atoms with van der Waals surface area (Å²) in [6.07, 6.45) is -3.11. The second kappa shape index (κ2) is 9.25. The molecule has 0 radical (unpaired) electrons. The van der Waals surface area contributed by atoms with Crippen LogP contribution in [0.15, 0.2) is 21.4 Å². The Labute approximate surface area is 207 Å². The summed E-state index contributed by atoms with van der Waals surface area (Å²) in [5.74, 6) is 0. The fourth-order valence-electron chi connectivity index (χ4n) is 3.92. The molecule has 1 saturated heterocycles. The van der Waals surface area contributed by atoms with Gasteiger partial charge in [0, 0.05) is 37.2 Å². The molecular weight excluding hydrogens is 534 g/mol. The summed E-state index contributed by atoms with van der Waals surface area (Å²) in [6.45, 7) is 9.74. The Kier molecular flexibility index (Phi) is 6.69. The van der Waals surface area contributed by atoms with Gasteiger partial charge in [-0.1, -0.05) is 27.3 Å². The van der Waals surface area contributed by atoms with Crippen LogP contribution in [0.25, 0.3) is 16.2 Å². The standard InChI is InChI=1S/C21H25BrF2N6O3S/c1-5-29-15-13(27-6-8-28(9-7-27)20(32)33-21(2,3)4)10-12(22)11-14(15)30(19(29)31)18-26-25-17(34-18)16(23)24/h10-11,16H,5-9H2,1-4H3. The van der Waals surface area contributed by atoms with Gasteiger partial charge in [0.25, 0.3) is 6.43 Å². The number of rotatable bonds is 4. The molecule has 1 aliphatic heterocycles. The van der Waals surface area contributed by atoms with Gasteiger partial charge >= 0.3 is 11.8 Å². The Morgan fingerprint density at radius 3 is 2.44 bits per heavy atom. The first-order valence-electron chi connectivity index (χ1n) is 10.8. The lowest BCUT2D eigenvalue weighted by atomic mass is 10.2. The SMILES string of the molecule is CCn1c(=O)n(-c2nnc(C(F)F)s2)c2cc(Br)cc(N3CCN(C(=O)OC(C)(C)C)CC3)c21. The predicted octanol–water partition coefficient (Wildman–Crippen LogP) is 4.42. The molecule has 184 valence electrons. The number of imidazole rings is 1. The Hall–Kier alpha value is -2.54. The normalized spacial score (nSPS) is 14.9. The number of alkyl halides is 2. The first-order valence-corrected chi connectivity index (χ1v) is 12.4. The number of anilines is 1. The third-order valence-corrected chi connectivity index (χ3v) is 6.74. The summed E-state index contributed by atoms with van der Waals surface area (Å²) in [4.78, 5) is 29.5. The highest BCUT2D eigenvalue weighted by Gasteiger charge is 2.29. The maximum Gasteiger partial charge on any atom is 0.410 e. The number of fused-ring (bicyclic) bond motifs is 1. The zero-order valence-electron chi connectivity index (χ0n) is 19.2. The van der Waals surface area contributed by atoms with Gasteiger partial charge in [0.2, 0.25) is 5.13 Å². The van der Waals surface area contributed by atoms with E-state index in [0.717, 1.165) is 10.2 Å². The minimum atomic E-state index is -2.76. The molecule has 3 aromatic rings. The van der Waals surface area contributed by atoms with Crippen LogP contribution in [-0.2, 0) is 11.3 Å². The van der Waals surface area contributed by atoms with Crippen molar-refractivity contribution in [3.8, 4) is 5.13 Å². The molecule has 0 unspecified atom stereocenters. The zero-order valence-corrected chi connectivity index (χ0v) is 21.6. The third-order valence-electron chi connectivity index (χ3n) is 5.36. The van der Waals surface area contributed by atoms with E-state index < -0.39 is 17.0 Å². The molecule has 34 heavy (non-hydrogen) atoms. The van der Waals surface area contributed by atoms with Crippen molar-refractivity contribution in [2.24, 2.45) is 0 Å². The van der Waals surface area contributed by atoms with Crippen LogP contribution in [-0.4, -0.2) is 62.1 Å². The van der Waals surface area contributed by atoms with Crippen LogP contribution in [0.4, 0.5) is 19.3 Å². The van der Waals surface area contributed by atoms with Crippen molar-refractivity contribution in [3.05, 3.63) is 32.1 Å². The Balaban J connectivity index is 1.72. The van der Waals surface area contributed by atoms with Crippen LogP contribution in [0.1, 0.15) is 39.1 Å². The van der Waals surface area contributed by atoms with E-state index in [1.54, 1.807) is 15.5 Å². The van der Waals surface area contributed by atoms with Crippen molar-refractivity contribution >= 4 is 50.1 Å². The number of hydrogen-bond donors (Lipinski definition) is 0. The number of carbonyl (C=O) groups is 1. The Morgan fingerprint density at radius 1 is 1.21 bits per heavy atom. The summed E-state index contributed by atoms with van der Waals surface area (Å²) in [6, 6.07) is 3.69. The highest BCUT2D eigenvalue weighted by molar-refractivity contribution is 9.10. The molecule has 2 aromatic heterocycles. The smallest absolute Gasteiger partial charge is 0.410 e. The lowest BCUT2D eigenvalue weighted by Crippen LogP contribution is -2.50. The Morgan fingerprint density at radius 2 is 1.88 bits per heavy atom. The van der Waals surface area contributed by atoms with E-state index in [0.29, 0.717) is 55.1 Å². The van der Waals surface area contributed by atoms with E-state index >= 15 is 0 Å². The van der Waals surface area contributed by atoms with E-state index in [4.69, 9.17) is 4.74 Å². The number of aryl methyl sites for hydroxylation is 1. The topological polar surface area (TPSA) is 85.5 Å². The van der Waals surface area contributed by atoms with Crippen LogP contribution < -0.4 is 10.6 Å². The van der Waals surface area contributed by atoms with Gasteiger partial charge in [-0.25, -0.2) is 22.9 Å².